The Labute approximate surface area is 299 Å². The molecule has 0 N–H and O–H groups in total. The zero-order valence-electron chi connectivity index (χ0n) is 31.7. The lowest BCUT2D eigenvalue weighted by molar-refractivity contribution is 0.00594. The van der Waals surface area contributed by atoms with Crippen LogP contribution in [0, 0.1) is 5.92 Å². The quantitative estimate of drug-likeness (QED) is 0.163. The zero-order chi connectivity index (χ0) is 36.3. The molecule has 11 heteroatoms. The van der Waals surface area contributed by atoms with Crippen LogP contribution in [-0.2, 0) is 27.2 Å². The van der Waals surface area contributed by atoms with Crippen LogP contribution in [-0.4, -0.2) is 95.8 Å². The van der Waals surface area contributed by atoms with Crippen molar-refractivity contribution in [3.05, 3.63) is 47.3 Å². The molecular formula is C39H60N6O5. The van der Waals surface area contributed by atoms with Crippen LogP contribution in [0.3, 0.4) is 0 Å². The second-order valence-corrected chi connectivity index (χ2v) is 15.7. The number of anilines is 2. The van der Waals surface area contributed by atoms with Crippen molar-refractivity contribution < 1.29 is 23.8 Å². The maximum Gasteiger partial charge on any atom is 0.421 e. The third-order valence-electron chi connectivity index (χ3n) is 9.11. The number of methoxy groups -OCH3 is 1. The van der Waals surface area contributed by atoms with E-state index in [0.717, 1.165) is 62.1 Å². The van der Waals surface area contributed by atoms with E-state index in [1.54, 1.807) is 26.6 Å². The molecule has 50 heavy (non-hydrogen) atoms. The largest absolute Gasteiger partial charge is 0.444 e. The number of aliphatic imine (C=N–C) groups is 1. The number of hydrogen-bond acceptors (Lipinski definition) is 9. The molecule has 1 aromatic carbocycles. The minimum Gasteiger partial charge on any atom is -0.444 e. The van der Waals surface area contributed by atoms with Crippen molar-refractivity contribution in [2.45, 2.75) is 123 Å². The van der Waals surface area contributed by atoms with Gasteiger partial charge in [0.1, 0.15) is 11.2 Å². The number of ether oxygens (including phenoxy) is 3. The molecule has 11 nitrogen and oxygen atoms in total. The fourth-order valence-corrected chi connectivity index (χ4v) is 6.73. The topological polar surface area (TPSA) is 110 Å². The fourth-order valence-electron chi connectivity index (χ4n) is 6.73. The van der Waals surface area contributed by atoms with Gasteiger partial charge in [0.25, 0.3) is 0 Å². The summed E-state index contributed by atoms with van der Waals surface area (Å²) in [6.45, 7) is 15.0. The first-order valence-electron chi connectivity index (χ1n) is 18.4. The number of rotatable bonds is 12. The molecule has 2 aliphatic rings. The monoisotopic (exact) mass is 692 g/mol. The van der Waals surface area contributed by atoms with E-state index in [9.17, 15) is 9.59 Å². The van der Waals surface area contributed by atoms with Gasteiger partial charge in [0, 0.05) is 71.0 Å². The molecule has 2 fully saturated rings. The van der Waals surface area contributed by atoms with Crippen molar-refractivity contribution in [3.63, 3.8) is 0 Å². The summed E-state index contributed by atoms with van der Waals surface area (Å²) in [7, 11) is 3.43. The number of carbonyl (C=O) groups is 2. The molecule has 0 bridgehead atoms. The van der Waals surface area contributed by atoms with Gasteiger partial charge in [-0.25, -0.2) is 24.5 Å². The maximum absolute atomic E-state index is 13.7. The molecule has 276 valence electrons. The highest BCUT2D eigenvalue weighted by Gasteiger charge is 2.32. The lowest BCUT2D eigenvalue weighted by Gasteiger charge is -2.39. The Hall–Kier alpha value is -3.57. The first-order chi connectivity index (χ1) is 23.8. The van der Waals surface area contributed by atoms with Crippen LogP contribution in [0.25, 0.3) is 0 Å². The average molecular weight is 693 g/mol. The van der Waals surface area contributed by atoms with Crippen molar-refractivity contribution in [2.75, 3.05) is 45.3 Å². The number of piperidine rings is 1. The zero-order valence-corrected chi connectivity index (χ0v) is 31.7. The normalized spacial score (nSPS) is 16.8. The third-order valence-corrected chi connectivity index (χ3v) is 9.11. The Kier molecular flexibility index (Phi) is 14.2. The summed E-state index contributed by atoms with van der Waals surface area (Å²) in [5.74, 6) is 0.860. The van der Waals surface area contributed by atoms with E-state index in [-0.39, 0.29) is 12.1 Å². The molecule has 2 aromatic rings. The van der Waals surface area contributed by atoms with Crippen LogP contribution in [0.4, 0.5) is 21.2 Å². The van der Waals surface area contributed by atoms with Crippen LogP contribution in [0.1, 0.15) is 110 Å². The summed E-state index contributed by atoms with van der Waals surface area (Å²) in [4.78, 5) is 46.4. The van der Waals surface area contributed by atoms with Gasteiger partial charge in [-0.15, -0.1) is 0 Å². The standard InChI is InChI=1S/C39H60N6O5/c1-38(2,3)49-36(46)44(21-12-24-48-8)32-19-22-43(23-20-32)28-30-15-17-33(18-16-30)45(37(47)50-39(4,5)6)35-41-27-31(26-40-7)34(42-35)25-29-13-10-9-11-14-29/h15-18,26-27,29,32H,9-14,19-25,28H2,1-8H3. The first kappa shape index (κ1) is 39.2. The van der Waals surface area contributed by atoms with Crippen LogP contribution in [0.15, 0.2) is 35.5 Å². The molecule has 1 aliphatic carbocycles. The molecule has 1 aromatic heterocycles. The minimum absolute atomic E-state index is 0.126. The highest BCUT2D eigenvalue weighted by Crippen LogP contribution is 2.30. The summed E-state index contributed by atoms with van der Waals surface area (Å²) in [5, 5.41) is 0. The molecule has 1 saturated carbocycles. The Morgan fingerprint density at radius 3 is 2.18 bits per heavy atom. The third kappa shape index (κ3) is 12.0. The molecule has 2 amide bonds. The number of aromatic nitrogens is 2. The van der Waals surface area contributed by atoms with Gasteiger partial charge in [-0.2, -0.15) is 0 Å². The van der Waals surface area contributed by atoms with E-state index in [1.165, 1.54) is 37.0 Å². The second-order valence-electron chi connectivity index (χ2n) is 15.7. The molecule has 0 unspecified atom stereocenters. The van der Waals surface area contributed by atoms with Crippen molar-refractivity contribution in [2.24, 2.45) is 10.9 Å². The second kappa shape index (κ2) is 18.1. The number of benzene rings is 1. The summed E-state index contributed by atoms with van der Waals surface area (Å²) in [5.41, 5.74) is 2.34. The number of carbonyl (C=O) groups excluding carboxylic acids is 2. The van der Waals surface area contributed by atoms with Gasteiger partial charge >= 0.3 is 12.2 Å². The molecule has 2 heterocycles. The van der Waals surface area contributed by atoms with Crippen LogP contribution >= 0.6 is 0 Å². The van der Waals surface area contributed by atoms with E-state index in [4.69, 9.17) is 19.2 Å². The maximum atomic E-state index is 13.7. The summed E-state index contributed by atoms with van der Waals surface area (Å²) >= 11 is 0. The van der Waals surface area contributed by atoms with Crippen LogP contribution in [0.2, 0.25) is 0 Å². The number of amides is 2. The number of nitrogens with zero attached hydrogens (tertiary/aromatic N) is 6. The molecule has 0 radical (unpaired) electrons. The van der Waals surface area contributed by atoms with E-state index in [2.05, 4.69) is 27.0 Å². The van der Waals surface area contributed by atoms with Crippen molar-refractivity contribution >= 4 is 30.0 Å². The van der Waals surface area contributed by atoms with Gasteiger partial charge in [-0.05, 0) is 90.8 Å². The van der Waals surface area contributed by atoms with Crippen LogP contribution in [0.5, 0.6) is 0 Å². The molecular weight excluding hydrogens is 632 g/mol. The highest BCUT2D eigenvalue weighted by atomic mass is 16.6. The molecule has 4 rings (SSSR count). The van der Waals surface area contributed by atoms with Gasteiger partial charge < -0.3 is 19.1 Å². The van der Waals surface area contributed by atoms with Gasteiger partial charge in [-0.1, -0.05) is 44.2 Å². The molecule has 0 atom stereocenters. The van der Waals surface area contributed by atoms with Gasteiger partial charge in [-0.3, -0.25) is 9.89 Å². The lowest BCUT2D eigenvalue weighted by Crippen LogP contribution is -2.49. The number of hydrogen-bond donors (Lipinski definition) is 0. The van der Waals surface area contributed by atoms with Crippen molar-refractivity contribution in [1.29, 1.82) is 0 Å². The minimum atomic E-state index is -0.691. The highest BCUT2D eigenvalue weighted by molar-refractivity contribution is 5.94. The van der Waals surface area contributed by atoms with E-state index >= 15 is 0 Å². The van der Waals surface area contributed by atoms with E-state index in [1.807, 2.05) is 58.6 Å². The average Bonchev–Trinajstić information content (AvgIpc) is 3.05. The number of likely N-dealkylation sites (tertiary alicyclic amines) is 1. The Morgan fingerprint density at radius 2 is 1.58 bits per heavy atom. The summed E-state index contributed by atoms with van der Waals surface area (Å²) < 4.78 is 16.9. The molecule has 0 spiro atoms. The predicted octanol–water partition coefficient (Wildman–Crippen LogP) is 7.96. The van der Waals surface area contributed by atoms with Gasteiger partial charge in [0.05, 0.1) is 11.4 Å². The van der Waals surface area contributed by atoms with E-state index in [0.29, 0.717) is 30.7 Å². The summed E-state index contributed by atoms with van der Waals surface area (Å²) in [6.07, 6.45) is 12.3. The van der Waals surface area contributed by atoms with Gasteiger partial charge in [0.15, 0.2) is 0 Å². The van der Waals surface area contributed by atoms with Crippen LogP contribution < -0.4 is 4.90 Å². The Bertz CT molecular complexity index is 1400. The summed E-state index contributed by atoms with van der Waals surface area (Å²) in [6, 6.07) is 8.12. The lowest BCUT2D eigenvalue weighted by atomic mass is 9.85. The Balaban J connectivity index is 1.48. The van der Waals surface area contributed by atoms with Crippen molar-refractivity contribution in [1.82, 2.24) is 19.8 Å². The SMILES string of the molecule is CN=Cc1cnc(N(C(=O)OC(C)(C)C)c2ccc(CN3CCC(N(CCCOC)C(=O)OC(C)(C)C)CC3)cc2)nc1CC1CCCCC1. The fraction of sp³-hybridized carbons (Fsp3) is 0.667. The molecule has 1 saturated heterocycles. The smallest absolute Gasteiger partial charge is 0.421 e. The first-order valence-corrected chi connectivity index (χ1v) is 18.4. The Morgan fingerprint density at radius 1 is 0.940 bits per heavy atom. The van der Waals surface area contributed by atoms with Crippen molar-refractivity contribution in [3.8, 4) is 0 Å². The molecule has 1 aliphatic heterocycles. The van der Waals surface area contributed by atoms with Gasteiger partial charge in [0.2, 0.25) is 5.95 Å². The van der Waals surface area contributed by atoms with E-state index < -0.39 is 17.3 Å². The predicted molar refractivity (Wildman–Crippen MR) is 198 cm³/mol.